The monoisotopic (exact) mass is 315 g/mol. The molecule has 1 amide bonds. The van der Waals surface area contributed by atoms with Crippen molar-refractivity contribution in [3.63, 3.8) is 0 Å². The van der Waals surface area contributed by atoms with Gasteiger partial charge in [-0.05, 0) is 55.8 Å². The number of carbonyl (C=O) groups is 1. The SMILES string of the molecule is CC(C(=O)NCC1(C)CCNCC1)N1CCc2ccccc2C1. The Hall–Kier alpha value is -1.39. The number of nitrogens with zero attached hydrogens (tertiary/aromatic N) is 1. The highest BCUT2D eigenvalue weighted by Crippen LogP contribution is 2.27. The third-order valence-electron chi connectivity index (χ3n) is 5.59. The topological polar surface area (TPSA) is 44.4 Å². The molecule has 0 radical (unpaired) electrons. The number of amides is 1. The van der Waals surface area contributed by atoms with Crippen LogP contribution >= 0.6 is 0 Å². The number of nitrogens with one attached hydrogen (secondary N) is 2. The van der Waals surface area contributed by atoms with Crippen LogP contribution in [-0.4, -0.2) is 43.0 Å². The summed E-state index contributed by atoms with van der Waals surface area (Å²) in [6.07, 6.45) is 3.31. The van der Waals surface area contributed by atoms with Gasteiger partial charge in [0, 0.05) is 19.6 Å². The second kappa shape index (κ2) is 7.02. The van der Waals surface area contributed by atoms with E-state index in [1.54, 1.807) is 0 Å². The third kappa shape index (κ3) is 3.93. The number of hydrogen-bond acceptors (Lipinski definition) is 3. The molecule has 1 fully saturated rings. The molecule has 4 nitrogen and oxygen atoms in total. The van der Waals surface area contributed by atoms with Crippen molar-refractivity contribution >= 4 is 5.91 Å². The van der Waals surface area contributed by atoms with Crippen LogP contribution in [0.4, 0.5) is 0 Å². The second-order valence-corrected chi connectivity index (χ2v) is 7.44. The van der Waals surface area contributed by atoms with Crippen molar-refractivity contribution < 1.29 is 4.79 Å². The second-order valence-electron chi connectivity index (χ2n) is 7.44. The molecule has 4 heteroatoms. The molecule has 1 atom stereocenters. The molecule has 1 aromatic carbocycles. The zero-order valence-electron chi connectivity index (χ0n) is 14.4. The summed E-state index contributed by atoms with van der Waals surface area (Å²) in [7, 11) is 0. The highest BCUT2D eigenvalue weighted by atomic mass is 16.2. The van der Waals surface area contributed by atoms with Gasteiger partial charge < -0.3 is 10.6 Å². The van der Waals surface area contributed by atoms with E-state index >= 15 is 0 Å². The molecule has 2 heterocycles. The molecule has 3 rings (SSSR count). The predicted molar refractivity (Wildman–Crippen MR) is 93.2 cm³/mol. The standard InChI is InChI=1S/C19H29N3O/c1-15(18(23)21-14-19(2)8-10-20-11-9-19)22-12-7-16-5-3-4-6-17(16)13-22/h3-6,15,20H,7-14H2,1-2H3,(H,21,23). The average Bonchev–Trinajstić information content (AvgIpc) is 2.59. The number of carbonyl (C=O) groups excluding carboxylic acids is 1. The summed E-state index contributed by atoms with van der Waals surface area (Å²) in [6, 6.07) is 8.51. The Bertz CT molecular complexity index is 551. The zero-order chi connectivity index (χ0) is 16.3. The van der Waals surface area contributed by atoms with Gasteiger partial charge in [-0.2, -0.15) is 0 Å². The van der Waals surface area contributed by atoms with E-state index in [0.29, 0.717) is 0 Å². The number of hydrogen-bond donors (Lipinski definition) is 2. The first-order valence-electron chi connectivity index (χ1n) is 8.87. The van der Waals surface area contributed by atoms with Crippen molar-refractivity contribution in [3.05, 3.63) is 35.4 Å². The number of piperidine rings is 1. The van der Waals surface area contributed by atoms with Gasteiger partial charge in [0.2, 0.25) is 5.91 Å². The molecule has 1 aromatic rings. The first-order chi connectivity index (χ1) is 11.1. The normalized spacial score (nSPS) is 22.2. The highest BCUT2D eigenvalue weighted by Gasteiger charge is 2.29. The lowest BCUT2D eigenvalue weighted by Gasteiger charge is -2.36. The van der Waals surface area contributed by atoms with Crippen LogP contribution in [0.5, 0.6) is 0 Å². The number of benzene rings is 1. The molecule has 23 heavy (non-hydrogen) atoms. The smallest absolute Gasteiger partial charge is 0.237 e. The van der Waals surface area contributed by atoms with Crippen LogP contribution in [0, 0.1) is 5.41 Å². The first-order valence-corrected chi connectivity index (χ1v) is 8.87. The Morgan fingerprint density at radius 3 is 2.74 bits per heavy atom. The summed E-state index contributed by atoms with van der Waals surface area (Å²) < 4.78 is 0. The molecule has 0 saturated carbocycles. The van der Waals surface area contributed by atoms with Gasteiger partial charge in [-0.1, -0.05) is 31.2 Å². The van der Waals surface area contributed by atoms with E-state index in [-0.39, 0.29) is 17.4 Å². The molecule has 2 aliphatic rings. The van der Waals surface area contributed by atoms with Crippen molar-refractivity contribution in [1.82, 2.24) is 15.5 Å². The van der Waals surface area contributed by atoms with Crippen LogP contribution in [0.2, 0.25) is 0 Å². The number of fused-ring (bicyclic) bond motifs is 1. The zero-order valence-corrected chi connectivity index (χ0v) is 14.4. The van der Waals surface area contributed by atoms with Gasteiger partial charge in [0.25, 0.3) is 0 Å². The fourth-order valence-electron chi connectivity index (χ4n) is 3.67. The minimum absolute atomic E-state index is 0.0614. The molecule has 0 aliphatic carbocycles. The Kier molecular flexibility index (Phi) is 5.02. The van der Waals surface area contributed by atoms with Crippen LogP contribution in [0.15, 0.2) is 24.3 Å². The predicted octanol–water partition coefficient (Wildman–Crippen LogP) is 1.94. The Morgan fingerprint density at radius 1 is 1.30 bits per heavy atom. The maximum absolute atomic E-state index is 12.6. The van der Waals surface area contributed by atoms with Crippen molar-refractivity contribution in [2.45, 2.75) is 45.7 Å². The molecule has 2 aliphatic heterocycles. The van der Waals surface area contributed by atoms with E-state index < -0.39 is 0 Å². The first kappa shape index (κ1) is 16.5. The lowest BCUT2D eigenvalue weighted by molar-refractivity contribution is -0.126. The Balaban J connectivity index is 1.54. The van der Waals surface area contributed by atoms with Crippen molar-refractivity contribution in [2.24, 2.45) is 5.41 Å². The summed E-state index contributed by atoms with van der Waals surface area (Å²) in [5, 5.41) is 6.60. The van der Waals surface area contributed by atoms with E-state index in [9.17, 15) is 4.79 Å². The van der Waals surface area contributed by atoms with Gasteiger partial charge >= 0.3 is 0 Å². The van der Waals surface area contributed by atoms with Crippen LogP contribution in [0.1, 0.15) is 37.8 Å². The van der Waals surface area contributed by atoms with E-state index in [4.69, 9.17) is 0 Å². The minimum atomic E-state index is -0.0614. The van der Waals surface area contributed by atoms with E-state index in [1.165, 1.54) is 11.1 Å². The summed E-state index contributed by atoms with van der Waals surface area (Å²) in [5.74, 6) is 0.170. The van der Waals surface area contributed by atoms with Crippen LogP contribution < -0.4 is 10.6 Å². The van der Waals surface area contributed by atoms with Crippen LogP contribution in [-0.2, 0) is 17.8 Å². The van der Waals surface area contributed by atoms with Crippen molar-refractivity contribution in [1.29, 1.82) is 0 Å². The molecule has 1 saturated heterocycles. The number of rotatable bonds is 4. The van der Waals surface area contributed by atoms with Crippen LogP contribution in [0.3, 0.4) is 0 Å². The summed E-state index contributed by atoms with van der Waals surface area (Å²) >= 11 is 0. The fraction of sp³-hybridized carbons (Fsp3) is 0.632. The largest absolute Gasteiger partial charge is 0.354 e. The Morgan fingerprint density at radius 2 is 2.00 bits per heavy atom. The molecule has 0 aromatic heterocycles. The van der Waals surface area contributed by atoms with Gasteiger partial charge in [0.1, 0.15) is 0 Å². The summed E-state index contributed by atoms with van der Waals surface area (Å²) in [4.78, 5) is 14.9. The lowest BCUT2D eigenvalue weighted by atomic mass is 9.81. The minimum Gasteiger partial charge on any atom is -0.354 e. The average molecular weight is 315 g/mol. The maximum Gasteiger partial charge on any atom is 0.237 e. The van der Waals surface area contributed by atoms with Gasteiger partial charge in [-0.15, -0.1) is 0 Å². The molecule has 0 bridgehead atoms. The van der Waals surface area contributed by atoms with Gasteiger partial charge in [0.05, 0.1) is 6.04 Å². The molecular formula is C19H29N3O. The van der Waals surface area contributed by atoms with Crippen molar-refractivity contribution in [2.75, 3.05) is 26.2 Å². The quantitative estimate of drug-likeness (QED) is 0.892. The lowest BCUT2D eigenvalue weighted by Crippen LogP contribution is -2.50. The van der Waals surface area contributed by atoms with Gasteiger partial charge in [-0.25, -0.2) is 0 Å². The van der Waals surface area contributed by atoms with Crippen molar-refractivity contribution in [3.8, 4) is 0 Å². The molecular weight excluding hydrogens is 286 g/mol. The van der Waals surface area contributed by atoms with Gasteiger partial charge in [0.15, 0.2) is 0 Å². The van der Waals surface area contributed by atoms with Gasteiger partial charge in [-0.3, -0.25) is 9.69 Å². The molecule has 1 unspecified atom stereocenters. The van der Waals surface area contributed by atoms with E-state index in [0.717, 1.165) is 52.0 Å². The summed E-state index contributed by atoms with van der Waals surface area (Å²) in [5.41, 5.74) is 3.04. The fourth-order valence-corrected chi connectivity index (χ4v) is 3.67. The van der Waals surface area contributed by atoms with E-state index in [1.807, 2.05) is 6.92 Å². The summed E-state index contributed by atoms with van der Waals surface area (Å²) in [6.45, 7) is 9.08. The Labute approximate surface area is 139 Å². The maximum atomic E-state index is 12.6. The molecule has 2 N–H and O–H groups in total. The molecule has 126 valence electrons. The molecule has 0 spiro atoms. The highest BCUT2D eigenvalue weighted by molar-refractivity contribution is 5.81. The van der Waals surface area contributed by atoms with E-state index in [2.05, 4.69) is 46.7 Å². The third-order valence-corrected chi connectivity index (χ3v) is 5.59. The van der Waals surface area contributed by atoms with Crippen LogP contribution in [0.25, 0.3) is 0 Å².